The van der Waals surface area contributed by atoms with Gasteiger partial charge in [0.2, 0.25) is 0 Å². The number of hydrogen-bond donors (Lipinski definition) is 0. The van der Waals surface area contributed by atoms with Gasteiger partial charge in [-0.25, -0.2) is 0 Å². The van der Waals surface area contributed by atoms with Crippen LogP contribution < -0.4 is 10.2 Å². The van der Waals surface area contributed by atoms with Crippen molar-refractivity contribution in [1.82, 2.24) is 0 Å². The first-order valence-electron chi connectivity index (χ1n) is 4.46. The van der Waals surface area contributed by atoms with Crippen molar-refractivity contribution in [3.05, 3.63) is 23.8 Å². The number of fused-ring (bicyclic) bond motifs is 1. The number of halogens is 3. The molecule has 1 nitrogen and oxygen atoms in total. The van der Waals surface area contributed by atoms with Gasteiger partial charge in [0.15, 0.2) is 0 Å². The van der Waals surface area contributed by atoms with E-state index in [1.165, 1.54) is 12.1 Å². The predicted molar refractivity (Wildman–Crippen MR) is 48.9 cm³/mol. The second-order valence-electron chi connectivity index (χ2n) is 3.57. The summed E-state index contributed by atoms with van der Waals surface area (Å²) in [7, 11) is 0. The van der Waals surface area contributed by atoms with E-state index in [2.05, 4.69) is 0 Å². The highest BCUT2D eigenvalue weighted by molar-refractivity contribution is 6.73. The van der Waals surface area contributed by atoms with Gasteiger partial charge in [0.1, 0.15) is 11.9 Å². The lowest BCUT2D eigenvalue weighted by Crippen LogP contribution is -2.33. The normalized spacial score (nSPS) is 20.4. The molecule has 76 valence electrons. The van der Waals surface area contributed by atoms with Gasteiger partial charge in [-0.05, 0) is 18.6 Å². The van der Waals surface area contributed by atoms with E-state index >= 15 is 0 Å². The first kappa shape index (κ1) is 9.43. The maximum atomic E-state index is 12.4. The van der Waals surface area contributed by atoms with Crippen molar-refractivity contribution in [2.24, 2.45) is 0 Å². The maximum Gasteiger partial charge on any atom is 0.509 e. The van der Waals surface area contributed by atoms with Gasteiger partial charge in [0, 0.05) is 6.42 Å². The first-order chi connectivity index (χ1) is 6.47. The third-order valence-corrected chi connectivity index (χ3v) is 2.30. The van der Waals surface area contributed by atoms with E-state index in [0.29, 0.717) is 17.7 Å². The van der Waals surface area contributed by atoms with E-state index in [1.807, 2.05) is 6.92 Å². The van der Waals surface area contributed by atoms with Crippen LogP contribution in [0.3, 0.4) is 0 Å². The average Bonchev–Trinajstić information content (AvgIpc) is 2.41. The number of benzene rings is 1. The van der Waals surface area contributed by atoms with Gasteiger partial charge in [-0.1, -0.05) is 12.1 Å². The second kappa shape index (κ2) is 2.93. The van der Waals surface area contributed by atoms with Gasteiger partial charge in [0.05, 0.1) is 0 Å². The lowest BCUT2D eigenvalue weighted by molar-refractivity contribution is 0.254. The second-order valence-corrected chi connectivity index (χ2v) is 3.57. The summed E-state index contributed by atoms with van der Waals surface area (Å²) in [5, 5.41) is 0. The van der Waals surface area contributed by atoms with Crippen LogP contribution in [0.5, 0.6) is 5.75 Å². The summed E-state index contributed by atoms with van der Waals surface area (Å²) in [6, 6.07) is 3.68. The molecule has 0 saturated carbocycles. The minimum absolute atomic E-state index is 0.0130. The van der Waals surface area contributed by atoms with Crippen molar-refractivity contribution >= 4 is 12.4 Å². The molecular weight excluding hydrogens is 192 g/mol. The molecule has 1 atom stereocenters. The smallest absolute Gasteiger partial charge is 0.490 e. The Labute approximate surface area is 79.9 Å². The number of rotatable bonds is 1. The molecule has 0 aliphatic carbocycles. The Morgan fingerprint density at radius 3 is 2.71 bits per heavy atom. The minimum Gasteiger partial charge on any atom is -0.490 e. The monoisotopic (exact) mass is 201 g/mol. The van der Waals surface area contributed by atoms with Crippen molar-refractivity contribution in [1.29, 1.82) is 0 Å². The Bertz CT molecular complexity index is 362. The van der Waals surface area contributed by atoms with Gasteiger partial charge in [-0.2, -0.15) is 0 Å². The zero-order valence-electron chi connectivity index (χ0n) is 7.64. The van der Waals surface area contributed by atoms with Crippen molar-refractivity contribution in [3.63, 3.8) is 0 Å². The van der Waals surface area contributed by atoms with E-state index in [1.54, 1.807) is 0 Å². The Morgan fingerprint density at radius 2 is 2.07 bits per heavy atom. The molecule has 0 bridgehead atoms. The summed E-state index contributed by atoms with van der Waals surface area (Å²) < 4.78 is 42.4. The Morgan fingerprint density at radius 1 is 1.36 bits per heavy atom. The Kier molecular flexibility index (Phi) is 1.98. The topological polar surface area (TPSA) is 9.23 Å². The summed E-state index contributed by atoms with van der Waals surface area (Å²) in [5.74, 6) is 0.585. The zero-order chi connectivity index (χ0) is 10.3. The molecule has 0 amide bonds. The molecule has 1 aliphatic rings. The van der Waals surface area contributed by atoms with E-state index in [4.69, 9.17) is 4.74 Å². The highest BCUT2D eigenvalue weighted by Gasteiger charge is 2.28. The maximum absolute atomic E-state index is 12.4. The highest BCUT2D eigenvalue weighted by atomic mass is 19.4. The highest BCUT2D eigenvalue weighted by Crippen LogP contribution is 2.28. The van der Waals surface area contributed by atoms with E-state index in [9.17, 15) is 12.9 Å². The average molecular weight is 201 g/mol. The van der Waals surface area contributed by atoms with Crippen LogP contribution in [0.15, 0.2) is 18.2 Å². The number of hydrogen-bond acceptors (Lipinski definition) is 1. The van der Waals surface area contributed by atoms with Crippen molar-refractivity contribution in [2.75, 3.05) is 0 Å². The number of ether oxygens (including phenoxy) is 1. The summed E-state index contributed by atoms with van der Waals surface area (Å²) in [5.41, 5.74) is 0.121. The van der Waals surface area contributed by atoms with Crippen LogP contribution in [0.2, 0.25) is 0 Å². The molecular formula is C9H9BF3O-. The van der Waals surface area contributed by atoms with E-state index in [0.717, 1.165) is 6.07 Å². The van der Waals surface area contributed by atoms with Gasteiger partial charge in [-0.3, -0.25) is 0 Å². The van der Waals surface area contributed by atoms with Crippen LogP contribution in [0.4, 0.5) is 12.9 Å². The molecule has 0 fully saturated rings. The SMILES string of the molecule is CC1Cc2cc([B-](F)(F)F)ccc2O1. The summed E-state index contributed by atoms with van der Waals surface area (Å²) in [6.07, 6.45) is 0.552. The molecule has 1 unspecified atom stereocenters. The van der Waals surface area contributed by atoms with Crippen molar-refractivity contribution in [2.45, 2.75) is 19.4 Å². The van der Waals surface area contributed by atoms with Gasteiger partial charge >= 0.3 is 6.98 Å². The minimum atomic E-state index is -4.89. The van der Waals surface area contributed by atoms with Crippen LogP contribution in [0.1, 0.15) is 12.5 Å². The molecule has 1 heterocycles. The van der Waals surface area contributed by atoms with Crippen LogP contribution in [0.25, 0.3) is 0 Å². The lowest BCUT2D eigenvalue weighted by atomic mass is 9.79. The van der Waals surface area contributed by atoms with E-state index < -0.39 is 12.4 Å². The quantitative estimate of drug-likeness (QED) is 0.632. The lowest BCUT2D eigenvalue weighted by Gasteiger charge is -2.15. The first-order valence-corrected chi connectivity index (χ1v) is 4.46. The summed E-state index contributed by atoms with van der Waals surface area (Å²) in [6.45, 7) is -3.04. The van der Waals surface area contributed by atoms with Crippen LogP contribution in [-0.4, -0.2) is 13.1 Å². The molecule has 1 aliphatic heterocycles. The predicted octanol–water partition coefficient (Wildman–Crippen LogP) is 2.06. The van der Waals surface area contributed by atoms with Gasteiger partial charge in [0.25, 0.3) is 0 Å². The molecule has 1 aromatic carbocycles. The Hall–Kier alpha value is -1.13. The molecule has 0 aromatic heterocycles. The van der Waals surface area contributed by atoms with Crippen LogP contribution in [-0.2, 0) is 6.42 Å². The van der Waals surface area contributed by atoms with Crippen LogP contribution >= 0.6 is 0 Å². The van der Waals surface area contributed by atoms with Crippen molar-refractivity contribution in [3.8, 4) is 5.75 Å². The fourth-order valence-corrected chi connectivity index (χ4v) is 1.65. The fraction of sp³-hybridized carbons (Fsp3) is 0.333. The largest absolute Gasteiger partial charge is 0.509 e. The molecule has 0 saturated heterocycles. The molecule has 14 heavy (non-hydrogen) atoms. The third-order valence-electron chi connectivity index (χ3n) is 2.30. The molecule has 5 heteroatoms. The molecule has 2 rings (SSSR count). The van der Waals surface area contributed by atoms with Crippen LogP contribution in [0, 0.1) is 0 Å². The fourth-order valence-electron chi connectivity index (χ4n) is 1.65. The van der Waals surface area contributed by atoms with Gasteiger partial charge in [-0.15, -0.1) is 5.46 Å². The third kappa shape index (κ3) is 1.58. The van der Waals surface area contributed by atoms with Crippen molar-refractivity contribution < 1.29 is 17.7 Å². The summed E-state index contributed by atoms with van der Waals surface area (Å²) in [4.78, 5) is 0. The molecule has 0 N–H and O–H groups in total. The Balaban J connectivity index is 2.38. The zero-order valence-corrected chi connectivity index (χ0v) is 7.64. The molecule has 0 radical (unpaired) electrons. The molecule has 0 spiro atoms. The standard InChI is InChI=1S/C9H9BF3O/c1-6-4-7-5-8(10(11,12)13)2-3-9(7)14-6/h2-3,5-6H,4H2,1H3/q-1. The summed E-state index contributed by atoms with van der Waals surface area (Å²) >= 11 is 0. The van der Waals surface area contributed by atoms with Gasteiger partial charge < -0.3 is 17.7 Å². The molecule has 1 aromatic rings. The van der Waals surface area contributed by atoms with E-state index in [-0.39, 0.29) is 6.10 Å².